The lowest BCUT2D eigenvalue weighted by Gasteiger charge is -2.22. The fraction of sp³-hybridized carbons (Fsp3) is 0.571. The van der Waals surface area contributed by atoms with E-state index in [9.17, 15) is 5.11 Å². The second kappa shape index (κ2) is 5.46. The van der Waals surface area contributed by atoms with Gasteiger partial charge in [0.25, 0.3) is 0 Å². The number of rotatable bonds is 3. The molecule has 0 aromatic heterocycles. The third kappa shape index (κ3) is 2.45. The Hall–Kier alpha value is -0.860. The number of hydrogen-bond acceptors (Lipinski definition) is 2. The smallest absolute Gasteiger partial charge is 0.105 e. The van der Waals surface area contributed by atoms with Gasteiger partial charge >= 0.3 is 0 Å². The van der Waals surface area contributed by atoms with E-state index in [1.807, 2.05) is 18.2 Å². The van der Waals surface area contributed by atoms with Crippen LogP contribution in [0.15, 0.2) is 24.3 Å². The van der Waals surface area contributed by atoms with Crippen LogP contribution < -0.4 is 0 Å². The number of aryl methyl sites for hydroxylation is 1. The molecule has 16 heavy (non-hydrogen) atoms. The minimum absolute atomic E-state index is 0.0244. The predicted octanol–water partition coefficient (Wildman–Crippen LogP) is 2.85. The summed E-state index contributed by atoms with van der Waals surface area (Å²) >= 11 is 0. The van der Waals surface area contributed by atoms with Crippen molar-refractivity contribution in [2.45, 2.75) is 44.8 Å². The molecule has 2 unspecified atom stereocenters. The molecule has 0 radical (unpaired) electrons. The van der Waals surface area contributed by atoms with E-state index in [-0.39, 0.29) is 6.10 Å². The van der Waals surface area contributed by atoms with Crippen molar-refractivity contribution in [2.24, 2.45) is 0 Å². The van der Waals surface area contributed by atoms with Crippen molar-refractivity contribution in [1.29, 1.82) is 0 Å². The molecule has 1 N–H and O–H groups in total. The topological polar surface area (TPSA) is 29.5 Å². The zero-order chi connectivity index (χ0) is 11.4. The van der Waals surface area contributed by atoms with Crippen LogP contribution in [0.3, 0.4) is 0 Å². The summed E-state index contributed by atoms with van der Waals surface area (Å²) in [5.74, 6) is 0. The van der Waals surface area contributed by atoms with Crippen molar-refractivity contribution in [3.8, 4) is 0 Å². The van der Waals surface area contributed by atoms with Gasteiger partial charge in [-0.15, -0.1) is 0 Å². The Bertz CT molecular complexity index is 333. The molecule has 0 aliphatic heterocycles. The SMILES string of the molecule is CCCOC1CCCc2ccccc2C1O. The molecule has 2 heteroatoms. The van der Waals surface area contributed by atoms with Crippen LogP contribution in [0.1, 0.15) is 43.4 Å². The predicted molar refractivity (Wildman–Crippen MR) is 64.4 cm³/mol. The third-order valence-electron chi connectivity index (χ3n) is 3.20. The van der Waals surface area contributed by atoms with E-state index in [0.29, 0.717) is 0 Å². The molecule has 0 saturated carbocycles. The second-order valence-electron chi connectivity index (χ2n) is 4.45. The highest BCUT2D eigenvalue weighted by Crippen LogP contribution is 2.30. The van der Waals surface area contributed by atoms with Gasteiger partial charge in [-0.1, -0.05) is 31.2 Å². The highest BCUT2D eigenvalue weighted by molar-refractivity contribution is 5.30. The first-order valence-corrected chi connectivity index (χ1v) is 6.20. The van der Waals surface area contributed by atoms with E-state index in [0.717, 1.165) is 37.9 Å². The van der Waals surface area contributed by atoms with Gasteiger partial charge in [-0.3, -0.25) is 0 Å². The Kier molecular flexibility index (Phi) is 3.97. The van der Waals surface area contributed by atoms with Gasteiger partial charge in [0, 0.05) is 6.61 Å². The monoisotopic (exact) mass is 220 g/mol. The van der Waals surface area contributed by atoms with Crippen LogP contribution in [-0.2, 0) is 11.2 Å². The van der Waals surface area contributed by atoms with Gasteiger partial charge in [0.15, 0.2) is 0 Å². The van der Waals surface area contributed by atoms with Crippen LogP contribution >= 0.6 is 0 Å². The Morgan fingerprint density at radius 1 is 1.38 bits per heavy atom. The third-order valence-corrected chi connectivity index (χ3v) is 3.20. The van der Waals surface area contributed by atoms with Crippen LogP contribution in [0.25, 0.3) is 0 Å². The summed E-state index contributed by atoms with van der Waals surface area (Å²) in [5, 5.41) is 10.3. The molecule has 2 atom stereocenters. The van der Waals surface area contributed by atoms with Gasteiger partial charge in [-0.2, -0.15) is 0 Å². The van der Waals surface area contributed by atoms with Crippen LogP contribution in [0.4, 0.5) is 0 Å². The zero-order valence-electron chi connectivity index (χ0n) is 9.86. The first kappa shape index (κ1) is 11.6. The van der Waals surface area contributed by atoms with Crippen LogP contribution in [-0.4, -0.2) is 17.8 Å². The number of fused-ring (bicyclic) bond motifs is 1. The number of aliphatic hydroxyl groups is 1. The van der Waals surface area contributed by atoms with Crippen molar-refractivity contribution in [3.05, 3.63) is 35.4 Å². The highest BCUT2D eigenvalue weighted by atomic mass is 16.5. The largest absolute Gasteiger partial charge is 0.386 e. The summed E-state index contributed by atoms with van der Waals surface area (Å²) in [6.45, 7) is 2.83. The first-order chi connectivity index (χ1) is 7.83. The maximum absolute atomic E-state index is 10.3. The fourth-order valence-electron chi connectivity index (χ4n) is 2.35. The van der Waals surface area contributed by atoms with Crippen molar-refractivity contribution in [2.75, 3.05) is 6.61 Å². The van der Waals surface area contributed by atoms with Crippen molar-refractivity contribution < 1.29 is 9.84 Å². The van der Waals surface area contributed by atoms with Gasteiger partial charge in [0.1, 0.15) is 6.10 Å². The Labute approximate surface area is 97.3 Å². The number of ether oxygens (including phenoxy) is 1. The molecule has 0 spiro atoms. The highest BCUT2D eigenvalue weighted by Gasteiger charge is 2.25. The van der Waals surface area contributed by atoms with Gasteiger partial charge in [0.2, 0.25) is 0 Å². The standard InChI is InChI=1S/C14H20O2/c1-2-10-16-13-9-5-7-11-6-3-4-8-12(11)14(13)15/h3-4,6,8,13-15H,2,5,7,9-10H2,1H3. The van der Waals surface area contributed by atoms with Gasteiger partial charge in [0.05, 0.1) is 6.10 Å². The maximum Gasteiger partial charge on any atom is 0.105 e. The molecule has 2 nitrogen and oxygen atoms in total. The van der Waals surface area contributed by atoms with E-state index in [4.69, 9.17) is 4.74 Å². The molecule has 1 aromatic carbocycles. The summed E-state index contributed by atoms with van der Waals surface area (Å²) in [7, 11) is 0. The van der Waals surface area contributed by atoms with Gasteiger partial charge in [-0.05, 0) is 36.8 Å². The number of aliphatic hydroxyl groups excluding tert-OH is 1. The summed E-state index contributed by atoms with van der Waals surface area (Å²) in [5.41, 5.74) is 2.33. The Morgan fingerprint density at radius 2 is 2.19 bits per heavy atom. The van der Waals surface area contributed by atoms with Crippen molar-refractivity contribution in [1.82, 2.24) is 0 Å². The summed E-state index contributed by atoms with van der Waals surface area (Å²) < 4.78 is 5.73. The van der Waals surface area contributed by atoms with E-state index in [1.54, 1.807) is 0 Å². The average Bonchev–Trinajstić information content (AvgIpc) is 2.47. The fourth-order valence-corrected chi connectivity index (χ4v) is 2.35. The molecule has 0 fully saturated rings. The molecule has 0 saturated heterocycles. The number of hydrogen-bond donors (Lipinski definition) is 1. The number of benzene rings is 1. The second-order valence-corrected chi connectivity index (χ2v) is 4.45. The van der Waals surface area contributed by atoms with Crippen LogP contribution in [0, 0.1) is 0 Å². The maximum atomic E-state index is 10.3. The van der Waals surface area contributed by atoms with Crippen LogP contribution in [0.2, 0.25) is 0 Å². The minimum Gasteiger partial charge on any atom is -0.386 e. The van der Waals surface area contributed by atoms with Crippen molar-refractivity contribution >= 4 is 0 Å². The molecule has 0 bridgehead atoms. The lowest BCUT2D eigenvalue weighted by Crippen LogP contribution is -2.21. The molecule has 1 aromatic rings. The molecular weight excluding hydrogens is 200 g/mol. The summed E-state index contributed by atoms with van der Waals surface area (Å²) in [4.78, 5) is 0. The molecule has 0 amide bonds. The Balaban J connectivity index is 2.16. The average molecular weight is 220 g/mol. The lowest BCUT2D eigenvalue weighted by atomic mass is 10.0. The normalized spacial score (nSPS) is 24.9. The van der Waals surface area contributed by atoms with E-state index < -0.39 is 6.10 Å². The zero-order valence-corrected chi connectivity index (χ0v) is 9.86. The van der Waals surface area contributed by atoms with Gasteiger partial charge < -0.3 is 9.84 Å². The summed E-state index contributed by atoms with van der Waals surface area (Å²) in [6.07, 6.45) is 3.64. The van der Waals surface area contributed by atoms with E-state index in [2.05, 4.69) is 13.0 Å². The first-order valence-electron chi connectivity index (χ1n) is 6.20. The summed E-state index contributed by atoms with van der Waals surface area (Å²) in [6, 6.07) is 8.16. The lowest BCUT2D eigenvalue weighted by molar-refractivity contribution is -0.0414. The molecule has 1 aliphatic carbocycles. The van der Waals surface area contributed by atoms with Gasteiger partial charge in [-0.25, -0.2) is 0 Å². The quantitative estimate of drug-likeness (QED) is 0.794. The van der Waals surface area contributed by atoms with Crippen LogP contribution in [0.5, 0.6) is 0 Å². The van der Waals surface area contributed by atoms with E-state index in [1.165, 1.54) is 5.56 Å². The minimum atomic E-state index is -0.453. The molecular formula is C14H20O2. The molecule has 0 heterocycles. The van der Waals surface area contributed by atoms with E-state index >= 15 is 0 Å². The molecule has 2 rings (SSSR count). The van der Waals surface area contributed by atoms with Crippen molar-refractivity contribution in [3.63, 3.8) is 0 Å². The molecule has 1 aliphatic rings. The Morgan fingerprint density at radius 3 is 3.00 bits per heavy atom. The molecule has 88 valence electrons.